The summed E-state index contributed by atoms with van der Waals surface area (Å²) >= 11 is 0. The first kappa shape index (κ1) is 13.2. The van der Waals surface area contributed by atoms with Crippen molar-refractivity contribution in [3.63, 3.8) is 0 Å². The Hall–Kier alpha value is -2.83. The summed E-state index contributed by atoms with van der Waals surface area (Å²) < 4.78 is 40.8. The number of hydrogen-bond donors (Lipinski definition) is 2. The van der Waals surface area contributed by atoms with Crippen LogP contribution in [0.4, 0.5) is 13.2 Å². The van der Waals surface area contributed by atoms with Crippen molar-refractivity contribution in [1.29, 1.82) is 0 Å². The van der Waals surface area contributed by atoms with Gasteiger partial charge in [0, 0.05) is 6.07 Å². The summed E-state index contributed by atoms with van der Waals surface area (Å²) in [5.41, 5.74) is -3.38. The summed E-state index contributed by atoms with van der Waals surface area (Å²) in [7, 11) is 0. The van der Waals surface area contributed by atoms with Crippen LogP contribution in [0.3, 0.4) is 0 Å². The molecule has 3 rings (SSSR count). The van der Waals surface area contributed by atoms with E-state index in [0.29, 0.717) is 18.2 Å². The van der Waals surface area contributed by atoms with Crippen molar-refractivity contribution in [2.45, 2.75) is 0 Å². The summed E-state index contributed by atoms with van der Waals surface area (Å²) in [5, 5.41) is 19.2. The molecule has 0 aromatic heterocycles. The van der Waals surface area contributed by atoms with E-state index in [1.807, 2.05) is 0 Å². The molecule has 2 aromatic carbocycles. The summed E-state index contributed by atoms with van der Waals surface area (Å²) in [5.74, 6) is -8.30. The second-order valence-electron chi connectivity index (χ2n) is 4.41. The fourth-order valence-corrected chi connectivity index (χ4v) is 2.32. The van der Waals surface area contributed by atoms with Gasteiger partial charge < -0.3 is 10.2 Å². The molecule has 0 aliphatic heterocycles. The third-order valence-electron chi connectivity index (χ3n) is 3.24. The van der Waals surface area contributed by atoms with Crippen molar-refractivity contribution in [1.82, 2.24) is 0 Å². The molecule has 0 radical (unpaired) electrons. The molecule has 2 N–H and O–H groups in total. The molecule has 21 heavy (non-hydrogen) atoms. The highest BCUT2D eigenvalue weighted by molar-refractivity contribution is 6.30. The van der Waals surface area contributed by atoms with Crippen molar-refractivity contribution in [3.05, 3.63) is 57.9 Å². The standard InChI is InChI=1S/C14H5F3O4/c15-4-1-2-5(16)9-8(4)13(20)10-7(18)3-6(17)12(19)11(10)14(9)21/h1-3,18-19H. The third-order valence-corrected chi connectivity index (χ3v) is 3.24. The van der Waals surface area contributed by atoms with Gasteiger partial charge in [0.25, 0.3) is 0 Å². The molecule has 0 bridgehead atoms. The quantitative estimate of drug-likeness (QED) is 0.624. The Morgan fingerprint density at radius 2 is 1.19 bits per heavy atom. The molecule has 7 heteroatoms. The van der Waals surface area contributed by atoms with E-state index in [9.17, 15) is 33.0 Å². The number of hydrogen-bond acceptors (Lipinski definition) is 4. The maximum absolute atomic E-state index is 13.7. The van der Waals surface area contributed by atoms with Gasteiger partial charge >= 0.3 is 0 Å². The van der Waals surface area contributed by atoms with E-state index in [1.54, 1.807) is 0 Å². The zero-order valence-corrected chi connectivity index (χ0v) is 10.1. The van der Waals surface area contributed by atoms with Crippen LogP contribution in [-0.4, -0.2) is 21.8 Å². The number of carbonyl (C=O) groups is 2. The number of rotatable bonds is 0. The zero-order valence-electron chi connectivity index (χ0n) is 10.1. The van der Waals surface area contributed by atoms with Gasteiger partial charge in [0.05, 0.1) is 22.3 Å². The minimum Gasteiger partial charge on any atom is -0.507 e. The highest BCUT2D eigenvalue weighted by Crippen LogP contribution is 2.40. The van der Waals surface area contributed by atoms with Crippen LogP contribution in [0.2, 0.25) is 0 Å². The van der Waals surface area contributed by atoms with E-state index < -0.39 is 62.8 Å². The number of benzene rings is 2. The Morgan fingerprint density at radius 1 is 0.714 bits per heavy atom. The molecular formula is C14H5F3O4. The number of ketones is 2. The topological polar surface area (TPSA) is 74.6 Å². The van der Waals surface area contributed by atoms with Gasteiger partial charge in [-0.2, -0.15) is 0 Å². The molecule has 0 heterocycles. The van der Waals surface area contributed by atoms with E-state index in [1.165, 1.54) is 0 Å². The summed E-state index contributed by atoms with van der Waals surface area (Å²) in [4.78, 5) is 24.3. The van der Waals surface area contributed by atoms with Crippen molar-refractivity contribution in [2.75, 3.05) is 0 Å². The number of fused-ring (bicyclic) bond motifs is 2. The van der Waals surface area contributed by atoms with Crippen LogP contribution >= 0.6 is 0 Å². The van der Waals surface area contributed by atoms with Crippen LogP contribution < -0.4 is 0 Å². The predicted octanol–water partition coefficient (Wildman–Crippen LogP) is 2.29. The van der Waals surface area contributed by atoms with Crippen LogP contribution in [0.15, 0.2) is 18.2 Å². The molecule has 0 atom stereocenters. The van der Waals surface area contributed by atoms with E-state index in [-0.39, 0.29) is 0 Å². The average molecular weight is 294 g/mol. The van der Waals surface area contributed by atoms with Gasteiger partial charge in [0.2, 0.25) is 11.6 Å². The molecule has 0 spiro atoms. The largest absolute Gasteiger partial charge is 0.507 e. The van der Waals surface area contributed by atoms with Gasteiger partial charge in [-0.05, 0) is 12.1 Å². The number of carbonyl (C=O) groups excluding carboxylic acids is 2. The van der Waals surface area contributed by atoms with Crippen LogP contribution in [0, 0.1) is 17.5 Å². The number of phenolic OH excluding ortho intramolecular Hbond substituents is 2. The predicted molar refractivity (Wildman–Crippen MR) is 63.0 cm³/mol. The minimum absolute atomic E-state index is 0.418. The molecule has 4 nitrogen and oxygen atoms in total. The van der Waals surface area contributed by atoms with E-state index in [4.69, 9.17) is 0 Å². The molecule has 0 fully saturated rings. The molecule has 2 aromatic rings. The van der Waals surface area contributed by atoms with Gasteiger partial charge in [-0.3, -0.25) is 9.59 Å². The van der Waals surface area contributed by atoms with Gasteiger partial charge in [-0.15, -0.1) is 0 Å². The highest BCUT2D eigenvalue weighted by atomic mass is 19.1. The Morgan fingerprint density at radius 3 is 1.71 bits per heavy atom. The number of halogens is 3. The molecule has 0 saturated carbocycles. The number of aromatic hydroxyl groups is 2. The molecule has 0 amide bonds. The second kappa shape index (κ2) is 4.08. The lowest BCUT2D eigenvalue weighted by Crippen LogP contribution is -2.24. The lowest BCUT2D eigenvalue weighted by molar-refractivity contribution is 0.0966. The summed E-state index contributed by atoms with van der Waals surface area (Å²) in [6.07, 6.45) is 0. The molecular weight excluding hydrogens is 289 g/mol. The molecule has 0 unspecified atom stereocenters. The molecule has 106 valence electrons. The maximum Gasteiger partial charge on any atom is 0.201 e. The van der Waals surface area contributed by atoms with Crippen LogP contribution in [0.1, 0.15) is 31.8 Å². The smallest absolute Gasteiger partial charge is 0.201 e. The first-order valence-corrected chi connectivity index (χ1v) is 5.66. The lowest BCUT2D eigenvalue weighted by atomic mass is 9.82. The normalized spacial score (nSPS) is 13.1. The lowest BCUT2D eigenvalue weighted by Gasteiger charge is -2.20. The third kappa shape index (κ3) is 1.57. The first-order valence-electron chi connectivity index (χ1n) is 5.66. The zero-order chi connectivity index (χ0) is 15.5. The van der Waals surface area contributed by atoms with Crippen LogP contribution in [0.25, 0.3) is 0 Å². The SMILES string of the molecule is O=C1c2c(O)cc(F)c(O)c2C(=O)c2c(F)ccc(F)c21. The van der Waals surface area contributed by atoms with E-state index in [2.05, 4.69) is 0 Å². The fraction of sp³-hybridized carbons (Fsp3) is 0. The van der Waals surface area contributed by atoms with Crippen molar-refractivity contribution in [3.8, 4) is 11.5 Å². The van der Waals surface area contributed by atoms with E-state index in [0.717, 1.165) is 0 Å². The van der Waals surface area contributed by atoms with Crippen molar-refractivity contribution >= 4 is 11.6 Å². The first-order chi connectivity index (χ1) is 9.84. The summed E-state index contributed by atoms with van der Waals surface area (Å²) in [6, 6.07) is 1.72. The van der Waals surface area contributed by atoms with Gasteiger partial charge in [-0.1, -0.05) is 0 Å². The number of phenols is 2. The van der Waals surface area contributed by atoms with Crippen LogP contribution in [0.5, 0.6) is 11.5 Å². The second-order valence-corrected chi connectivity index (χ2v) is 4.41. The molecule has 1 aliphatic carbocycles. The fourth-order valence-electron chi connectivity index (χ4n) is 2.32. The Bertz CT molecular complexity index is 843. The summed E-state index contributed by atoms with van der Waals surface area (Å²) in [6.45, 7) is 0. The minimum atomic E-state index is -1.35. The van der Waals surface area contributed by atoms with Gasteiger partial charge in [0.15, 0.2) is 11.6 Å². The average Bonchev–Trinajstić information content (AvgIpc) is 2.42. The van der Waals surface area contributed by atoms with Crippen molar-refractivity contribution < 1.29 is 33.0 Å². The molecule has 1 aliphatic rings. The van der Waals surface area contributed by atoms with E-state index >= 15 is 0 Å². The Balaban J connectivity index is 2.47. The Labute approximate surface area is 115 Å². The highest BCUT2D eigenvalue weighted by Gasteiger charge is 2.39. The Kier molecular flexibility index (Phi) is 2.56. The van der Waals surface area contributed by atoms with Gasteiger partial charge in [-0.25, -0.2) is 13.2 Å². The maximum atomic E-state index is 13.7. The van der Waals surface area contributed by atoms with Gasteiger partial charge in [0.1, 0.15) is 17.4 Å². The van der Waals surface area contributed by atoms with Crippen LogP contribution in [-0.2, 0) is 0 Å². The molecule has 0 saturated heterocycles. The monoisotopic (exact) mass is 294 g/mol. The van der Waals surface area contributed by atoms with Crippen molar-refractivity contribution in [2.24, 2.45) is 0 Å².